The number of aryl methyl sites for hydroxylation is 1. The second kappa shape index (κ2) is 11.0. The van der Waals surface area contributed by atoms with Crippen LogP contribution in [0.2, 0.25) is 0 Å². The van der Waals surface area contributed by atoms with Crippen molar-refractivity contribution in [2.75, 3.05) is 33.3 Å². The molecule has 0 bridgehead atoms. The molecule has 0 unspecified atom stereocenters. The Morgan fingerprint density at radius 1 is 0.889 bits per heavy atom. The summed E-state index contributed by atoms with van der Waals surface area (Å²) < 4.78 is 39.3. The minimum Gasteiger partial charge on any atom is -0.497 e. The van der Waals surface area contributed by atoms with Crippen molar-refractivity contribution < 1.29 is 17.6 Å². The molecule has 190 valence electrons. The molecule has 1 aliphatic rings. The van der Waals surface area contributed by atoms with Gasteiger partial charge in [-0.2, -0.15) is 4.31 Å². The minimum absolute atomic E-state index is 0. The van der Waals surface area contributed by atoms with E-state index in [1.807, 2.05) is 6.07 Å². The highest BCUT2D eigenvalue weighted by Gasteiger charge is 2.27. The van der Waals surface area contributed by atoms with Gasteiger partial charge in [0.1, 0.15) is 17.1 Å². The van der Waals surface area contributed by atoms with Crippen molar-refractivity contribution in [3.8, 4) is 16.9 Å². The second-order valence-electron chi connectivity index (χ2n) is 9.04. The van der Waals surface area contributed by atoms with Crippen LogP contribution >= 0.6 is 12.4 Å². The highest BCUT2D eigenvalue weighted by atomic mass is 35.5. The van der Waals surface area contributed by atoms with Crippen molar-refractivity contribution in [3.63, 3.8) is 0 Å². The molecule has 4 aromatic rings. The normalized spacial score (nSPS) is 15.4. The van der Waals surface area contributed by atoms with Gasteiger partial charge in [-0.1, -0.05) is 42.0 Å². The van der Waals surface area contributed by atoms with Crippen molar-refractivity contribution in [2.45, 2.75) is 24.8 Å². The van der Waals surface area contributed by atoms with Crippen molar-refractivity contribution in [2.24, 2.45) is 0 Å². The number of hydrogen-bond donors (Lipinski definition) is 0. The smallest absolute Gasteiger partial charge is 0.243 e. The first-order chi connectivity index (χ1) is 16.9. The van der Waals surface area contributed by atoms with E-state index in [0.29, 0.717) is 31.9 Å². The van der Waals surface area contributed by atoms with E-state index in [-0.39, 0.29) is 17.3 Å². The Kier molecular flexibility index (Phi) is 8.05. The number of methoxy groups -OCH3 is 1. The molecule has 6 nitrogen and oxygen atoms in total. The third-order valence-electron chi connectivity index (χ3n) is 6.56. The Balaban J connectivity index is 0.00000304. The van der Waals surface area contributed by atoms with E-state index < -0.39 is 10.0 Å². The predicted octanol–water partition coefficient (Wildman–Crippen LogP) is 5.74. The summed E-state index contributed by atoms with van der Waals surface area (Å²) >= 11 is 0. The lowest BCUT2D eigenvalue weighted by molar-refractivity contribution is 0.258. The molecule has 1 aliphatic heterocycles. The number of hydrogen-bond acceptors (Lipinski definition) is 5. The first kappa shape index (κ1) is 26.2. The molecule has 0 N–H and O–H groups in total. The van der Waals surface area contributed by atoms with Gasteiger partial charge in [-0.15, -0.1) is 12.4 Å². The van der Waals surface area contributed by atoms with E-state index in [9.17, 15) is 8.42 Å². The fourth-order valence-corrected chi connectivity index (χ4v) is 6.08. The van der Waals surface area contributed by atoms with E-state index in [4.69, 9.17) is 9.15 Å². The third-order valence-corrected chi connectivity index (χ3v) is 8.45. The van der Waals surface area contributed by atoms with Gasteiger partial charge in [0.15, 0.2) is 0 Å². The van der Waals surface area contributed by atoms with E-state index in [0.717, 1.165) is 35.3 Å². The lowest BCUT2D eigenvalue weighted by Gasteiger charge is -2.21. The van der Waals surface area contributed by atoms with E-state index in [2.05, 4.69) is 54.3 Å². The van der Waals surface area contributed by atoms with Crippen LogP contribution in [0.15, 0.2) is 82.1 Å². The maximum absolute atomic E-state index is 13.2. The molecule has 1 fully saturated rings. The maximum Gasteiger partial charge on any atom is 0.243 e. The molecule has 0 aliphatic carbocycles. The number of ether oxygens (including phenoxy) is 1. The van der Waals surface area contributed by atoms with Crippen LogP contribution in [0.4, 0.5) is 0 Å². The highest BCUT2D eigenvalue weighted by molar-refractivity contribution is 7.89. The molecule has 2 heterocycles. The van der Waals surface area contributed by atoms with Gasteiger partial charge in [0.2, 0.25) is 10.0 Å². The van der Waals surface area contributed by atoms with E-state index >= 15 is 0 Å². The molecule has 1 aromatic heterocycles. The molecule has 36 heavy (non-hydrogen) atoms. The Morgan fingerprint density at radius 3 is 2.44 bits per heavy atom. The third kappa shape index (κ3) is 5.60. The zero-order valence-electron chi connectivity index (χ0n) is 20.5. The number of benzene rings is 3. The summed E-state index contributed by atoms with van der Waals surface area (Å²) in [6.07, 6.45) is 0.765. The Morgan fingerprint density at radius 2 is 1.67 bits per heavy atom. The first-order valence-electron chi connectivity index (χ1n) is 11.9. The van der Waals surface area contributed by atoms with Crippen molar-refractivity contribution in [1.29, 1.82) is 0 Å². The minimum atomic E-state index is -3.57. The fourth-order valence-electron chi connectivity index (χ4n) is 4.58. The predicted molar refractivity (Wildman–Crippen MR) is 145 cm³/mol. The lowest BCUT2D eigenvalue weighted by atomic mass is 10.0. The second-order valence-corrected chi connectivity index (χ2v) is 11.0. The topological polar surface area (TPSA) is 63.0 Å². The molecular weight excluding hydrogens is 496 g/mol. The molecule has 8 heteroatoms. The molecule has 0 amide bonds. The van der Waals surface area contributed by atoms with Crippen LogP contribution in [0.1, 0.15) is 17.7 Å². The maximum atomic E-state index is 13.2. The summed E-state index contributed by atoms with van der Waals surface area (Å²) in [5.41, 5.74) is 4.46. The van der Waals surface area contributed by atoms with Gasteiger partial charge in [0, 0.05) is 31.1 Å². The van der Waals surface area contributed by atoms with Crippen molar-refractivity contribution in [1.82, 2.24) is 9.21 Å². The summed E-state index contributed by atoms with van der Waals surface area (Å²) in [5, 5.41) is 1.08. The largest absolute Gasteiger partial charge is 0.497 e. The quantitative estimate of drug-likeness (QED) is 0.321. The number of furan rings is 1. The molecule has 1 saturated heterocycles. The van der Waals surface area contributed by atoms with Crippen molar-refractivity contribution in [3.05, 3.63) is 84.1 Å². The van der Waals surface area contributed by atoms with E-state index in [1.165, 1.54) is 18.2 Å². The van der Waals surface area contributed by atoms with E-state index in [1.54, 1.807) is 28.6 Å². The Labute approximate surface area is 218 Å². The van der Waals surface area contributed by atoms with Crippen LogP contribution in [0.5, 0.6) is 5.75 Å². The van der Waals surface area contributed by atoms with Gasteiger partial charge < -0.3 is 9.15 Å². The number of halogens is 1. The Hall–Kier alpha value is -2.84. The summed E-state index contributed by atoms with van der Waals surface area (Å²) in [6, 6.07) is 23.6. The highest BCUT2D eigenvalue weighted by Crippen LogP contribution is 2.28. The van der Waals surface area contributed by atoms with Crippen LogP contribution in [-0.2, 0) is 16.6 Å². The van der Waals surface area contributed by atoms with Crippen LogP contribution in [-0.4, -0.2) is 50.9 Å². The summed E-state index contributed by atoms with van der Waals surface area (Å²) in [5.74, 6) is 1.43. The van der Waals surface area contributed by atoms with Crippen molar-refractivity contribution >= 4 is 33.4 Å². The average Bonchev–Trinajstić information content (AvgIpc) is 3.11. The zero-order valence-corrected chi connectivity index (χ0v) is 22.1. The molecule has 5 rings (SSSR count). The molecule has 0 spiro atoms. The number of sulfonamides is 1. The standard InChI is InChI=1S/C28H30N2O4S.ClH/c1-21-7-9-22(10-8-21)23-11-12-28-24(17-23)18-26(34-28)20-29-13-4-14-30(16-15-29)35(31,32)27-6-3-5-25(19-27)33-2;/h3,5-12,17-19H,4,13-16,20H2,1-2H3;1H. The number of fused-ring (bicyclic) bond motifs is 1. The van der Waals surface area contributed by atoms with Gasteiger partial charge in [-0.05, 0) is 61.3 Å². The lowest BCUT2D eigenvalue weighted by Crippen LogP contribution is -2.35. The van der Waals surface area contributed by atoms with Crippen LogP contribution in [0, 0.1) is 6.92 Å². The molecule has 0 atom stereocenters. The Bertz CT molecular complexity index is 1430. The summed E-state index contributed by atoms with van der Waals surface area (Å²) in [4.78, 5) is 2.53. The fraction of sp³-hybridized carbons (Fsp3) is 0.286. The van der Waals surface area contributed by atoms with Crippen LogP contribution in [0.3, 0.4) is 0 Å². The molecule has 0 radical (unpaired) electrons. The summed E-state index contributed by atoms with van der Waals surface area (Å²) in [7, 11) is -2.03. The van der Waals surface area contributed by atoms with Gasteiger partial charge in [0.05, 0.1) is 18.6 Å². The number of rotatable bonds is 6. The van der Waals surface area contributed by atoms with Gasteiger partial charge >= 0.3 is 0 Å². The van der Waals surface area contributed by atoms with Gasteiger partial charge in [0.25, 0.3) is 0 Å². The zero-order chi connectivity index (χ0) is 24.4. The molecular formula is C28H31ClN2O4S. The van der Waals surface area contributed by atoms with Gasteiger partial charge in [-0.3, -0.25) is 4.90 Å². The molecule has 3 aromatic carbocycles. The monoisotopic (exact) mass is 526 g/mol. The first-order valence-corrected chi connectivity index (χ1v) is 13.3. The molecule has 0 saturated carbocycles. The number of nitrogens with zero attached hydrogens (tertiary/aromatic N) is 2. The summed E-state index contributed by atoms with van der Waals surface area (Å²) in [6.45, 7) is 5.14. The van der Waals surface area contributed by atoms with Gasteiger partial charge in [-0.25, -0.2) is 8.42 Å². The average molecular weight is 527 g/mol. The SMILES string of the molecule is COc1cccc(S(=O)(=O)N2CCCN(Cc3cc4cc(-c5ccc(C)cc5)ccc4o3)CC2)c1.Cl. The van der Waals surface area contributed by atoms with Crippen LogP contribution in [0.25, 0.3) is 22.1 Å². The van der Waals surface area contributed by atoms with Crippen LogP contribution < -0.4 is 4.74 Å².